The van der Waals surface area contributed by atoms with Gasteiger partial charge in [-0.25, -0.2) is 0 Å². The molecule has 0 bridgehead atoms. The van der Waals surface area contributed by atoms with E-state index in [4.69, 9.17) is 16.0 Å². The first kappa shape index (κ1) is 12.2. The molecule has 0 saturated heterocycles. The van der Waals surface area contributed by atoms with Crippen LogP contribution in [0.4, 0.5) is 0 Å². The first-order valence-corrected chi connectivity index (χ1v) is 6.04. The Balaban J connectivity index is 2.37. The largest absolute Gasteiger partial charge is 0.458 e. The smallest absolute Gasteiger partial charge is 0.135 e. The molecule has 0 fully saturated rings. The van der Waals surface area contributed by atoms with E-state index in [2.05, 4.69) is 0 Å². The maximum Gasteiger partial charge on any atom is 0.135 e. The van der Waals surface area contributed by atoms with Crippen LogP contribution in [0, 0.1) is 6.92 Å². The summed E-state index contributed by atoms with van der Waals surface area (Å²) in [5.74, 6) is 1.27. The fourth-order valence-corrected chi connectivity index (χ4v) is 2.03. The van der Waals surface area contributed by atoms with Crippen molar-refractivity contribution in [1.82, 2.24) is 0 Å². The van der Waals surface area contributed by atoms with Crippen molar-refractivity contribution in [3.8, 4) is 11.3 Å². The Hall–Kier alpha value is -1.25. The summed E-state index contributed by atoms with van der Waals surface area (Å²) >= 11 is 6.16. The molecule has 0 amide bonds. The van der Waals surface area contributed by atoms with Crippen LogP contribution in [0.15, 0.2) is 34.7 Å². The van der Waals surface area contributed by atoms with E-state index in [1.165, 1.54) is 0 Å². The van der Waals surface area contributed by atoms with Crippen LogP contribution in [0.3, 0.4) is 0 Å². The summed E-state index contributed by atoms with van der Waals surface area (Å²) < 4.78 is 5.61. The van der Waals surface area contributed by atoms with Gasteiger partial charge in [0.05, 0.1) is 5.02 Å². The molecular formula is C14H15ClO2. The highest BCUT2D eigenvalue weighted by molar-refractivity contribution is 6.33. The zero-order valence-corrected chi connectivity index (χ0v) is 10.7. The molecule has 1 aromatic carbocycles. The summed E-state index contributed by atoms with van der Waals surface area (Å²) in [6.07, 6.45) is 0.0853. The van der Waals surface area contributed by atoms with Crippen molar-refractivity contribution in [1.29, 1.82) is 0 Å². The van der Waals surface area contributed by atoms with E-state index in [0.29, 0.717) is 23.0 Å². The summed E-state index contributed by atoms with van der Waals surface area (Å²) in [4.78, 5) is 0. The number of aliphatic hydroxyl groups excluding tert-OH is 1. The quantitative estimate of drug-likeness (QED) is 0.879. The van der Waals surface area contributed by atoms with Gasteiger partial charge in [-0.2, -0.15) is 0 Å². The van der Waals surface area contributed by atoms with Gasteiger partial charge in [-0.3, -0.25) is 0 Å². The monoisotopic (exact) mass is 250 g/mol. The summed E-state index contributed by atoms with van der Waals surface area (Å²) in [5, 5.41) is 10.3. The van der Waals surface area contributed by atoms with Crippen molar-refractivity contribution >= 4 is 11.6 Å². The Bertz CT molecular complexity index is 517. The molecule has 0 aliphatic heterocycles. The van der Waals surface area contributed by atoms with Crippen molar-refractivity contribution in [2.24, 2.45) is 0 Å². The zero-order valence-electron chi connectivity index (χ0n) is 9.90. The Kier molecular flexibility index (Phi) is 3.55. The van der Waals surface area contributed by atoms with E-state index in [0.717, 1.165) is 11.1 Å². The number of hydrogen-bond donors (Lipinski definition) is 1. The van der Waals surface area contributed by atoms with Gasteiger partial charge in [-0.1, -0.05) is 24.6 Å². The Labute approximate surface area is 106 Å². The highest BCUT2D eigenvalue weighted by atomic mass is 35.5. The summed E-state index contributed by atoms with van der Waals surface area (Å²) in [5.41, 5.74) is 1.96. The third-order valence-corrected chi connectivity index (χ3v) is 3.04. The number of aliphatic hydroxyl groups is 1. The fraction of sp³-hybridized carbons (Fsp3) is 0.286. The van der Waals surface area contributed by atoms with Gasteiger partial charge < -0.3 is 9.52 Å². The topological polar surface area (TPSA) is 33.4 Å². The summed E-state index contributed by atoms with van der Waals surface area (Å²) in [7, 11) is 0. The van der Waals surface area contributed by atoms with Crippen LogP contribution in [0.25, 0.3) is 11.3 Å². The Morgan fingerprint density at radius 3 is 2.71 bits per heavy atom. The van der Waals surface area contributed by atoms with E-state index in [-0.39, 0.29) is 0 Å². The third kappa shape index (κ3) is 2.54. The average molecular weight is 251 g/mol. The fourth-order valence-electron chi connectivity index (χ4n) is 1.70. The number of furan rings is 1. The van der Waals surface area contributed by atoms with Gasteiger partial charge in [0, 0.05) is 5.56 Å². The molecule has 1 heterocycles. The minimum atomic E-state index is -0.548. The standard InChI is InChI=1S/C14H15ClO2/c1-3-12(16)14-7-6-13(17-14)10-5-4-9(2)8-11(10)15/h4-8,12,16H,3H2,1-2H3. The lowest BCUT2D eigenvalue weighted by Crippen LogP contribution is -1.91. The summed E-state index contributed by atoms with van der Waals surface area (Å²) in [6.45, 7) is 3.90. The molecule has 17 heavy (non-hydrogen) atoms. The molecule has 3 heteroatoms. The second kappa shape index (κ2) is 4.94. The molecule has 0 aliphatic rings. The van der Waals surface area contributed by atoms with Gasteiger partial charge in [0.1, 0.15) is 17.6 Å². The molecule has 90 valence electrons. The van der Waals surface area contributed by atoms with Crippen molar-refractivity contribution in [3.63, 3.8) is 0 Å². The van der Waals surface area contributed by atoms with E-state index in [9.17, 15) is 5.11 Å². The minimum Gasteiger partial charge on any atom is -0.458 e. The second-order valence-electron chi connectivity index (χ2n) is 4.11. The van der Waals surface area contributed by atoms with E-state index in [1.807, 2.05) is 38.1 Å². The third-order valence-electron chi connectivity index (χ3n) is 2.73. The maximum atomic E-state index is 9.68. The molecule has 1 aromatic heterocycles. The molecule has 0 spiro atoms. The number of benzene rings is 1. The zero-order chi connectivity index (χ0) is 12.4. The van der Waals surface area contributed by atoms with Crippen molar-refractivity contribution < 1.29 is 9.52 Å². The van der Waals surface area contributed by atoms with Crippen LogP contribution in [-0.4, -0.2) is 5.11 Å². The molecule has 2 aromatic rings. The first-order valence-electron chi connectivity index (χ1n) is 5.66. The van der Waals surface area contributed by atoms with Crippen LogP contribution in [0.1, 0.15) is 30.8 Å². The lowest BCUT2D eigenvalue weighted by molar-refractivity contribution is 0.147. The molecule has 1 unspecified atom stereocenters. The normalized spacial score (nSPS) is 12.7. The lowest BCUT2D eigenvalue weighted by Gasteiger charge is -2.04. The van der Waals surface area contributed by atoms with Crippen LogP contribution >= 0.6 is 11.6 Å². The molecule has 0 saturated carbocycles. The van der Waals surface area contributed by atoms with E-state index < -0.39 is 6.10 Å². The van der Waals surface area contributed by atoms with Gasteiger partial charge in [0.15, 0.2) is 0 Å². The predicted octanol–water partition coefficient (Wildman–Crippen LogP) is 4.35. The molecule has 1 atom stereocenters. The molecule has 2 rings (SSSR count). The predicted molar refractivity (Wildman–Crippen MR) is 69.1 cm³/mol. The number of rotatable bonds is 3. The SMILES string of the molecule is CCC(O)c1ccc(-c2ccc(C)cc2Cl)o1. The van der Waals surface area contributed by atoms with E-state index in [1.54, 1.807) is 6.07 Å². The highest BCUT2D eigenvalue weighted by Gasteiger charge is 2.13. The minimum absolute atomic E-state index is 0.548. The second-order valence-corrected chi connectivity index (χ2v) is 4.52. The molecule has 0 radical (unpaired) electrons. The van der Waals surface area contributed by atoms with Crippen LogP contribution in [-0.2, 0) is 0 Å². The van der Waals surface area contributed by atoms with E-state index >= 15 is 0 Å². The van der Waals surface area contributed by atoms with Crippen LogP contribution in [0.5, 0.6) is 0 Å². The van der Waals surface area contributed by atoms with Crippen LogP contribution < -0.4 is 0 Å². The summed E-state index contributed by atoms with van der Waals surface area (Å²) in [6, 6.07) is 9.44. The first-order chi connectivity index (χ1) is 8.11. The number of halogens is 1. The Morgan fingerprint density at radius 1 is 1.29 bits per heavy atom. The van der Waals surface area contributed by atoms with Crippen LogP contribution in [0.2, 0.25) is 5.02 Å². The lowest BCUT2D eigenvalue weighted by atomic mass is 10.1. The van der Waals surface area contributed by atoms with Gasteiger partial charge in [0.2, 0.25) is 0 Å². The Morgan fingerprint density at radius 2 is 2.06 bits per heavy atom. The van der Waals surface area contributed by atoms with Gasteiger partial charge in [-0.05, 0) is 43.2 Å². The molecule has 2 nitrogen and oxygen atoms in total. The van der Waals surface area contributed by atoms with Gasteiger partial charge >= 0.3 is 0 Å². The van der Waals surface area contributed by atoms with Gasteiger partial charge in [0.25, 0.3) is 0 Å². The maximum absolute atomic E-state index is 9.68. The van der Waals surface area contributed by atoms with Gasteiger partial charge in [-0.15, -0.1) is 0 Å². The number of aryl methyl sites for hydroxylation is 1. The average Bonchev–Trinajstić information content (AvgIpc) is 2.77. The highest BCUT2D eigenvalue weighted by Crippen LogP contribution is 2.32. The van der Waals surface area contributed by atoms with Crippen molar-refractivity contribution in [2.45, 2.75) is 26.4 Å². The molecule has 1 N–H and O–H groups in total. The number of hydrogen-bond acceptors (Lipinski definition) is 2. The molecular weight excluding hydrogens is 236 g/mol. The molecule has 0 aliphatic carbocycles. The van der Waals surface area contributed by atoms with Crippen molar-refractivity contribution in [2.75, 3.05) is 0 Å². The van der Waals surface area contributed by atoms with Crippen molar-refractivity contribution in [3.05, 3.63) is 46.7 Å².